The van der Waals surface area contributed by atoms with Gasteiger partial charge in [-0.1, -0.05) is 24.3 Å². The maximum Gasteiger partial charge on any atom is 0.410 e. The van der Waals surface area contributed by atoms with E-state index in [1.165, 1.54) is 0 Å². The fourth-order valence-corrected chi connectivity index (χ4v) is 3.73. The number of ether oxygens (including phenoxy) is 1. The fourth-order valence-electron chi connectivity index (χ4n) is 3.73. The van der Waals surface area contributed by atoms with Gasteiger partial charge >= 0.3 is 6.09 Å². The molecule has 1 aromatic heterocycles. The number of aromatic amines is 1. The molecule has 0 unspecified atom stereocenters. The highest BCUT2D eigenvalue weighted by Gasteiger charge is 2.28. The van der Waals surface area contributed by atoms with Crippen LogP contribution in [0.2, 0.25) is 0 Å². The minimum absolute atomic E-state index is 0.138. The van der Waals surface area contributed by atoms with Gasteiger partial charge in [-0.2, -0.15) is 0 Å². The van der Waals surface area contributed by atoms with Crippen molar-refractivity contribution < 1.29 is 19.1 Å². The van der Waals surface area contributed by atoms with Gasteiger partial charge in [-0.25, -0.2) is 4.79 Å². The number of amides is 3. The minimum Gasteiger partial charge on any atom is -0.444 e. The maximum atomic E-state index is 13.0. The number of benzene rings is 2. The van der Waals surface area contributed by atoms with E-state index >= 15 is 0 Å². The van der Waals surface area contributed by atoms with Crippen molar-refractivity contribution in [1.29, 1.82) is 0 Å². The molecule has 0 saturated carbocycles. The van der Waals surface area contributed by atoms with Gasteiger partial charge in [0.2, 0.25) is 0 Å². The van der Waals surface area contributed by atoms with Crippen LogP contribution in [0.4, 0.5) is 10.5 Å². The quantitative estimate of drug-likeness (QED) is 0.630. The SMILES string of the molecule is CC(C)(C)OC(=O)N1CCN(C(=O)c2cccc(NC(=O)c3cc4ccccc4[nH]3)c2)CC1. The molecule has 172 valence electrons. The topological polar surface area (TPSA) is 94.7 Å². The number of H-pyrrole nitrogens is 1. The van der Waals surface area contributed by atoms with Gasteiger partial charge in [0, 0.05) is 48.3 Å². The van der Waals surface area contributed by atoms with Crippen LogP contribution < -0.4 is 5.32 Å². The largest absolute Gasteiger partial charge is 0.444 e. The molecule has 2 aromatic carbocycles. The van der Waals surface area contributed by atoms with Gasteiger partial charge in [-0.3, -0.25) is 9.59 Å². The van der Waals surface area contributed by atoms with Crippen molar-refractivity contribution in [3.8, 4) is 0 Å². The van der Waals surface area contributed by atoms with Crippen LogP contribution in [0.3, 0.4) is 0 Å². The summed E-state index contributed by atoms with van der Waals surface area (Å²) in [5.41, 5.74) is 1.80. The van der Waals surface area contributed by atoms with E-state index in [0.717, 1.165) is 10.9 Å². The molecule has 8 nitrogen and oxygen atoms in total. The van der Waals surface area contributed by atoms with E-state index < -0.39 is 5.60 Å². The molecule has 1 aliphatic heterocycles. The van der Waals surface area contributed by atoms with Crippen LogP contribution in [0, 0.1) is 0 Å². The van der Waals surface area contributed by atoms with Crippen LogP contribution in [-0.2, 0) is 4.74 Å². The number of carbonyl (C=O) groups is 3. The average molecular weight is 449 g/mol. The van der Waals surface area contributed by atoms with E-state index in [1.807, 2.05) is 45.0 Å². The van der Waals surface area contributed by atoms with E-state index in [4.69, 9.17) is 4.74 Å². The molecule has 0 spiro atoms. The zero-order valence-corrected chi connectivity index (χ0v) is 19.1. The Kier molecular flexibility index (Phi) is 6.09. The molecule has 3 aromatic rings. The van der Waals surface area contributed by atoms with E-state index in [2.05, 4.69) is 10.3 Å². The first-order chi connectivity index (χ1) is 15.7. The van der Waals surface area contributed by atoms with Crippen molar-refractivity contribution in [3.05, 3.63) is 65.9 Å². The average Bonchev–Trinajstić information content (AvgIpc) is 3.22. The lowest BCUT2D eigenvalue weighted by atomic mass is 10.1. The molecule has 1 saturated heterocycles. The summed E-state index contributed by atoms with van der Waals surface area (Å²) < 4.78 is 5.41. The third kappa shape index (κ3) is 5.34. The zero-order valence-electron chi connectivity index (χ0n) is 19.1. The summed E-state index contributed by atoms with van der Waals surface area (Å²) in [6.45, 7) is 7.15. The maximum absolute atomic E-state index is 13.0. The lowest BCUT2D eigenvalue weighted by molar-refractivity contribution is 0.0141. The summed E-state index contributed by atoms with van der Waals surface area (Å²) in [6, 6.07) is 16.3. The Morgan fingerprint density at radius 3 is 2.30 bits per heavy atom. The van der Waals surface area contributed by atoms with Gasteiger partial charge in [0.1, 0.15) is 11.3 Å². The highest BCUT2D eigenvalue weighted by molar-refractivity contribution is 6.06. The molecule has 33 heavy (non-hydrogen) atoms. The predicted octanol–water partition coefficient (Wildman–Crippen LogP) is 4.11. The zero-order chi connectivity index (χ0) is 23.6. The second kappa shape index (κ2) is 8.97. The Morgan fingerprint density at radius 2 is 1.61 bits per heavy atom. The molecule has 0 bridgehead atoms. The Labute approximate surface area is 192 Å². The number of hydrogen-bond donors (Lipinski definition) is 2. The molecule has 2 heterocycles. The molecule has 3 amide bonds. The highest BCUT2D eigenvalue weighted by atomic mass is 16.6. The van der Waals surface area contributed by atoms with Gasteiger partial charge in [-0.15, -0.1) is 0 Å². The second-order valence-corrected chi connectivity index (χ2v) is 9.06. The van der Waals surface area contributed by atoms with Crippen molar-refractivity contribution in [1.82, 2.24) is 14.8 Å². The van der Waals surface area contributed by atoms with Gasteiger partial charge in [0.05, 0.1) is 0 Å². The van der Waals surface area contributed by atoms with Gasteiger partial charge in [-0.05, 0) is 51.1 Å². The number of carbonyl (C=O) groups excluding carboxylic acids is 3. The summed E-state index contributed by atoms with van der Waals surface area (Å²) in [6.07, 6.45) is -0.365. The number of anilines is 1. The molecular formula is C25H28N4O4. The Balaban J connectivity index is 1.38. The first-order valence-electron chi connectivity index (χ1n) is 11.0. The lowest BCUT2D eigenvalue weighted by Gasteiger charge is -2.35. The lowest BCUT2D eigenvalue weighted by Crippen LogP contribution is -2.51. The van der Waals surface area contributed by atoms with Crippen molar-refractivity contribution >= 4 is 34.5 Å². The van der Waals surface area contributed by atoms with Crippen molar-refractivity contribution in [2.75, 3.05) is 31.5 Å². The van der Waals surface area contributed by atoms with Crippen molar-refractivity contribution in [2.45, 2.75) is 26.4 Å². The highest BCUT2D eigenvalue weighted by Crippen LogP contribution is 2.19. The van der Waals surface area contributed by atoms with Crippen LogP contribution in [0.15, 0.2) is 54.6 Å². The molecule has 8 heteroatoms. The summed E-state index contributed by atoms with van der Waals surface area (Å²) >= 11 is 0. The summed E-state index contributed by atoms with van der Waals surface area (Å²) in [5, 5.41) is 3.81. The Morgan fingerprint density at radius 1 is 0.909 bits per heavy atom. The van der Waals surface area contributed by atoms with Crippen LogP contribution in [0.25, 0.3) is 10.9 Å². The third-order valence-electron chi connectivity index (χ3n) is 5.36. The molecule has 1 fully saturated rings. The molecule has 1 aliphatic rings. The van der Waals surface area contributed by atoms with Crippen LogP contribution >= 0.6 is 0 Å². The summed E-state index contributed by atoms with van der Waals surface area (Å²) in [7, 11) is 0. The number of nitrogens with one attached hydrogen (secondary N) is 2. The molecule has 0 radical (unpaired) electrons. The predicted molar refractivity (Wildman–Crippen MR) is 126 cm³/mol. The monoisotopic (exact) mass is 448 g/mol. The van der Waals surface area contributed by atoms with Crippen molar-refractivity contribution in [3.63, 3.8) is 0 Å². The standard InChI is InChI=1S/C25H28N4O4/c1-25(2,3)33-24(32)29-13-11-28(12-14-29)23(31)18-8-6-9-19(15-18)26-22(30)21-16-17-7-4-5-10-20(17)27-21/h4-10,15-16,27H,11-14H2,1-3H3,(H,26,30). The number of aromatic nitrogens is 1. The number of para-hydroxylation sites is 1. The van der Waals surface area contributed by atoms with Crippen LogP contribution in [0.5, 0.6) is 0 Å². The molecule has 2 N–H and O–H groups in total. The van der Waals surface area contributed by atoms with Crippen LogP contribution in [0.1, 0.15) is 41.6 Å². The fraction of sp³-hybridized carbons (Fsp3) is 0.320. The molecule has 0 atom stereocenters. The van der Waals surface area contributed by atoms with E-state index in [-0.39, 0.29) is 17.9 Å². The molecular weight excluding hydrogens is 420 g/mol. The normalized spacial score (nSPS) is 14.3. The minimum atomic E-state index is -0.554. The first-order valence-corrected chi connectivity index (χ1v) is 11.0. The third-order valence-corrected chi connectivity index (χ3v) is 5.36. The number of hydrogen-bond acceptors (Lipinski definition) is 4. The van der Waals surface area contributed by atoms with Gasteiger partial charge in [0.15, 0.2) is 0 Å². The number of rotatable bonds is 3. The second-order valence-electron chi connectivity index (χ2n) is 9.06. The first kappa shape index (κ1) is 22.4. The van der Waals surface area contributed by atoms with Gasteiger partial charge < -0.3 is 24.8 Å². The van der Waals surface area contributed by atoms with E-state index in [0.29, 0.717) is 43.1 Å². The number of piperazine rings is 1. The number of fused-ring (bicyclic) bond motifs is 1. The van der Waals surface area contributed by atoms with E-state index in [9.17, 15) is 14.4 Å². The molecule has 0 aliphatic carbocycles. The summed E-state index contributed by atoms with van der Waals surface area (Å²) in [5.74, 6) is -0.415. The Hall–Kier alpha value is -3.81. The molecule has 4 rings (SSSR count). The van der Waals surface area contributed by atoms with Crippen LogP contribution in [-0.4, -0.2) is 64.5 Å². The summed E-state index contributed by atoms with van der Waals surface area (Å²) in [4.78, 5) is 44.3. The van der Waals surface area contributed by atoms with Gasteiger partial charge in [0.25, 0.3) is 11.8 Å². The Bertz CT molecular complexity index is 1150. The van der Waals surface area contributed by atoms with E-state index in [1.54, 1.807) is 40.1 Å². The smallest absolute Gasteiger partial charge is 0.410 e. The number of nitrogens with zero attached hydrogens (tertiary/aromatic N) is 2. The van der Waals surface area contributed by atoms with Crippen molar-refractivity contribution in [2.24, 2.45) is 0 Å².